The van der Waals surface area contributed by atoms with E-state index in [-0.39, 0.29) is 5.97 Å². The number of rotatable bonds is 16. The number of hydrogen-bond acceptors (Lipinski definition) is 15. The average Bonchev–Trinajstić information content (AvgIpc) is 3.32. The number of carbonyl (C=O) groups excluding carboxylic acids is 1. The van der Waals surface area contributed by atoms with E-state index in [9.17, 15) is 4.79 Å². The van der Waals surface area contributed by atoms with Gasteiger partial charge in [0.2, 0.25) is 35.7 Å². The third kappa shape index (κ3) is 12.9. The minimum Gasteiger partial charge on any atom is -0.497 e. The van der Waals surface area contributed by atoms with Crippen LogP contribution in [0.15, 0.2) is 146 Å². The highest BCUT2D eigenvalue weighted by Crippen LogP contribution is 2.28. The summed E-state index contributed by atoms with van der Waals surface area (Å²) in [5.41, 5.74) is 8.85. The van der Waals surface area contributed by atoms with Crippen molar-refractivity contribution in [1.82, 2.24) is 29.9 Å². The van der Waals surface area contributed by atoms with E-state index in [4.69, 9.17) is 21.1 Å². The van der Waals surface area contributed by atoms with Gasteiger partial charge in [0, 0.05) is 28.4 Å². The lowest BCUT2D eigenvalue weighted by Gasteiger charge is -2.14. The summed E-state index contributed by atoms with van der Waals surface area (Å²) >= 11 is 6.31. The Balaban J connectivity index is 0.000000198. The number of carbonyl (C=O) groups is 1. The smallest absolute Gasteiger partial charge is 0.338 e. The molecule has 0 saturated carbocycles. The van der Waals surface area contributed by atoms with Gasteiger partial charge in [-0.2, -0.15) is 29.9 Å². The first-order valence-corrected chi connectivity index (χ1v) is 21.5. The van der Waals surface area contributed by atoms with Gasteiger partial charge in [0.15, 0.2) is 0 Å². The molecule has 0 atom stereocenters. The van der Waals surface area contributed by atoms with Crippen LogP contribution in [-0.2, 0) is 11.2 Å². The van der Waals surface area contributed by atoms with Crippen LogP contribution in [0, 0.1) is 13.8 Å². The molecule has 15 nitrogen and oxygen atoms in total. The highest BCUT2D eigenvalue weighted by Gasteiger charge is 2.13. The molecule has 2 heterocycles. The van der Waals surface area contributed by atoms with Gasteiger partial charge >= 0.3 is 5.97 Å². The lowest BCUT2D eigenvalue weighted by atomic mass is 10.1. The number of aromatic nitrogens is 6. The molecule has 16 heteroatoms. The quantitative estimate of drug-likeness (QED) is 0.0503. The van der Waals surface area contributed by atoms with Crippen molar-refractivity contribution in [1.29, 1.82) is 0 Å². The minimum atomic E-state index is -0.366. The standard InChI is InChI=1S/C26H26N6O3.C24H23ClN6/c1-4-35-23(33)18-7-11-20(12-8-18)28-25-30-24(27-19-9-5-17(2)6-10-19)31-26(32-25)29-21-13-15-22(34-3)16-14-21;1-3-17-11-5-8-14-20(17)27-23-29-22(26-19-13-7-4-10-16(19)2)30-24(31-23)28-21-15-9-6-12-18(21)25/h5-16H,4H2,1-3H3,(H3,27,28,29,30,31,32);4-15H,3H2,1-2H3,(H3,26,27,28,29,30,31). The van der Waals surface area contributed by atoms with Gasteiger partial charge in [0.05, 0.1) is 30.0 Å². The Morgan fingerprint density at radius 3 is 1.42 bits per heavy atom. The molecule has 0 aliphatic heterocycles. The lowest BCUT2D eigenvalue weighted by molar-refractivity contribution is 0.0526. The number of aryl methyl sites for hydroxylation is 3. The Morgan fingerprint density at radius 1 is 0.500 bits per heavy atom. The number of methoxy groups -OCH3 is 1. The summed E-state index contributed by atoms with van der Waals surface area (Å²) in [5, 5.41) is 20.0. The monoisotopic (exact) mass is 900 g/mol. The molecule has 0 aliphatic carbocycles. The van der Waals surface area contributed by atoms with Gasteiger partial charge in [-0.3, -0.25) is 0 Å². The highest BCUT2D eigenvalue weighted by molar-refractivity contribution is 6.33. The Labute approximate surface area is 388 Å². The summed E-state index contributed by atoms with van der Waals surface area (Å²) in [5.74, 6) is 2.68. The van der Waals surface area contributed by atoms with Gasteiger partial charge in [-0.1, -0.05) is 84.8 Å². The molecule has 0 spiro atoms. The number of ether oxygens (including phenoxy) is 2. The second-order valence-electron chi connectivity index (χ2n) is 14.6. The summed E-state index contributed by atoms with van der Waals surface area (Å²) in [6.07, 6.45) is 0.896. The van der Waals surface area contributed by atoms with Crippen molar-refractivity contribution in [2.75, 3.05) is 45.6 Å². The third-order valence-electron chi connectivity index (χ3n) is 9.73. The first-order valence-electron chi connectivity index (χ1n) is 21.1. The van der Waals surface area contributed by atoms with Crippen LogP contribution >= 0.6 is 11.6 Å². The fraction of sp³-hybridized carbons (Fsp3) is 0.140. The number of anilines is 12. The summed E-state index contributed by atoms with van der Waals surface area (Å²) in [4.78, 5) is 39.1. The van der Waals surface area contributed by atoms with Crippen molar-refractivity contribution in [2.45, 2.75) is 34.1 Å². The van der Waals surface area contributed by atoms with Gasteiger partial charge in [-0.25, -0.2) is 4.79 Å². The molecule has 0 radical (unpaired) electrons. The fourth-order valence-electron chi connectivity index (χ4n) is 6.28. The van der Waals surface area contributed by atoms with Gasteiger partial charge in [-0.15, -0.1) is 0 Å². The van der Waals surface area contributed by atoms with Crippen molar-refractivity contribution in [2.24, 2.45) is 0 Å². The van der Waals surface area contributed by atoms with E-state index < -0.39 is 0 Å². The van der Waals surface area contributed by atoms with Crippen LogP contribution in [0.1, 0.15) is 40.9 Å². The molecule has 8 rings (SSSR count). The molecular formula is C50H49ClN12O3. The molecule has 0 saturated heterocycles. The van der Waals surface area contributed by atoms with Crippen molar-refractivity contribution < 1.29 is 14.3 Å². The first kappa shape index (κ1) is 45.7. The molecule has 2 aromatic heterocycles. The van der Waals surface area contributed by atoms with E-state index in [2.05, 4.69) is 74.8 Å². The maximum absolute atomic E-state index is 11.9. The van der Waals surface area contributed by atoms with E-state index in [1.54, 1.807) is 38.3 Å². The number of para-hydroxylation sites is 3. The number of benzene rings is 6. The average molecular weight is 901 g/mol. The molecule has 0 amide bonds. The van der Waals surface area contributed by atoms with Gasteiger partial charge < -0.3 is 41.4 Å². The minimum absolute atomic E-state index is 0.324. The maximum Gasteiger partial charge on any atom is 0.338 e. The first-order chi connectivity index (χ1) is 32.1. The zero-order valence-corrected chi connectivity index (χ0v) is 37.8. The van der Waals surface area contributed by atoms with E-state index in [0.29, 0.717) is 58.6 Å². The van der Waals surface area contributed by atoms with Crippen LogP contribution in [0.5, 0.6) is 5.75 Å². The second kappa shape index (κ2) is 22.4. The lowest BCUT2D eigenvalue weighted by Crippen LogP contribution is -2.08. The molecule has 8 aromatic rings. The Morgan fingerprint density at radius 2 is 0.924 bits per heavy atom. The Hall–Kier alpha value is -8.30. The van der Waals surface area contributed by atoms with E-state index in [0.717, 1.165) is 51.7 Å². The number of esters is 1. The fourth-order valence-corrected chi connectivity index (χ4v) is 6.46. The van der Waals surface area contributed by atoms with Crippen molar-refractivity contribution in [3.05, 3.63) is 173 Å². The molecular weight excluding hydrogens is 852 g/mol. The van der Waals surface area contributed by atoms with Crippen LogP contribution in [0.25, 0.3) is 0 Å². The van der Waals surface area contributed by atoms with Gasteiger partial charge in [0.1, 0.15) is 5.75 Å². The molecule has 0 unspecified atom stereocenters. The van der Waals surface area contributed by atoms with Crippen molar-refractivity contribution in [3.8, 4) is 5.75 Å². The summed E-state index contributed by atoms with van der Waals surface area (Å²) in [7, 11) is 1.62. The zero-order chi connectivity index (χ0) is 46.3. The Kier molecular flexibility index (Phi) is 15.5. The highest BCUT2D eigenvalue weighted by atomic mass is 35.5. The number of nitrogens with zero attached hydrogens (tertiary/aromatic N) is 6. The van der Waals surface area contributed by atoms with Crippen LogP contribution in [-0.4, -0.2) is 49.6 Å². The largest absolute Gasteiger partial charge is 0.497 e. The molecule has 0 fully saturated rings. The molecule has 0 aliphatic rings. The zero-order valence-electron chi connectivity index (χ0n) is 37.1. The molecule has 6 aromatic carbocycles. The van der Waals surface area contributed by atoms with Crippen LogP contribution in [0.4, 0.5) is 69.8 Å². The van der Waals surface area contributed by atoms with Crippen LogP contribution in [0.2, 0.25) is 5.02 Å². The second-order valence-corrected chi connectivity index (χ2v) is 15.0. The van der Waals surface area contributed by atoms with Crippen molar-refractivity contribution in [3.63, 3.8) is 0 Å². The van der Waals surface area contributed by atoms with Crippen LogP contribution in [0.3, 0.4) is 0 Å². The predicted octanol–water partition coefficient (Wildman–Crippen LogP) is 12.2. The normalized spacial score (nSPS) is 10.5. The summed E-state index contributed by atoms with van der Waals surface area (Å²) in [6.45, 7) is 8.27. The Bertz CT molecular complexity index is 2800. The van der Waals surface area contributed by atoms with Gasteiger partial charge in [-0.05, 0) is 123 Å². The molecule has 334 valence electrons. The van der Waals surface area contributed by atoms with E-state index >= 15 is 0 Å². The third-order valence-corrected chi connectivity index (χ3v) is 10.1. The summed E-state index contributed by atoms with van der Waals surface area (Å²) < 4.78 is 10.3. The van der Waals surface area contributed by atoms with Crippen molar-refractivity contribution >= 4 is 87.4 Å². The van der Waals surface area contributed by atoms with Gasteiger partial charge in [0.25, 0.3) is 0 Å². The molecule has 66 heavy (non-hydrogen) atoms. The maximum atomic E-state index is 11.9. The molecule has 0 bridgehead atoms. The number of nitrogens with one attached hydrogen (secondary N) is 6. The summed E-state index contributed by atoms with van der Waals surface area (Å²) in [6, 6.07) is 45.8. The van der Waals surface area contributed by atoms with E-state index in [1.165, 1.54) is 5.56 Å². The predicted molar refractivity (Wildman–Crippen MR) is 264 cm³/mol. The number of hydrogen-bond donors (Lipinski definition) is 6. The van der Waals surface area contributed by atoms with E-state index in [1.807, 2.05) is 129 Å². The molecule has 6 N–H and O–H groups in total. The topological polar surface area (TPSA) is 185 Å². The van der Waals surface area contributed by atoms with Crippen LogP contribution < -0.4 is 36.6 Å². The SMILES string of the molecule is CCOC(=O)c1ccc(Nc2nc(Nc3ccc(C)cc3)nc(Nc3ccc(OC)cc3)n2)cc1.CCc1ccccc1Nc1nc(Nc2ccccc2C)nc(Nc2ccccc2Cl)n1. The number of halogens is 1.